The molecule has 1 aliphatic carbocycles. The lowest BCUT2D eigenvalue weighted by Crippen LogP contribution is -2.55. The van der Waals surface area contributed by atoms with Crippen molar-refractivity contribution in [2.24, 2.45) is 5.92 Å². The van der Waals surface area contributed by atoms with E-state index in [1.54, 1.807) is 0 Å². The van der Waals surface area contributed by atoms with Crippen molar-refractivity contribution < 1.29 is 40.6 Å². The van der Waals surface area contributed by atoms with Crippen LogP contribution in [0.1, 0.15) is 32.1 Å². The van der Waals surface area contributed by atoms with Gasteiger partial charge in [0.2, 0.25) is 0 Å². The molecule has 0 spiro atoms. The normalized spacial score (nSPS) is 17.5. The van der Waals surface area contributed by atoms with Crippen molar-refractivity contribution in [3.8, 4) is 11.5 Å². The number of anilines is 1. The minimum absolute atomic E-state index is 0.0650. The van der Waals surface area contributed by atoms with Crippen LogP contribution in [0, 0.1) is 11.7 Å². The van der Waals surface area contributed by atoms with Crippen LogP contribution in [0.3, 0.4) is 0 Å². The highest BCUT2D eigenvalue weighted by Gasteiger charge is 2.50. The number of ether oxygens (including phenoxy) is 1. The van der Waals surface area contributed by atoms with Gasteiger partial charge in [-0.25, -0.2) is 4.39 Å². The molecule has 1 saturated carbocycles. The number of benzene rings is 2. The maximum atomic E-state index is 14.2. The maximum absolute atomic E-state index is 14.2. The number of halogens is 7. The number of rotatable bonds is 7. The van der Waals surface area contributed by atoms with Crippen LogP contribution in [0.25, 0.3) is 0 Å². The van der Waals surface area contributed by atoms with Gasteiger partial charge in [0.15, 0.2) is 6.10 Å². The van der Waals surface area contributed by atoms with Crippen LogP contribution in [-0.2, 0) is 0 Å². The van der Waals surface area contributed by atoms with Gasteiger partial charge in [0.25, 0.3) is 0 Å². The first kappa shape index (κ1) is 25.1. The molecule has 182 valence electrons. The van der Waals surface area contributed by atoms with Gasteiger partial charge in [-0.2, -0.15) is 26.3 Å². The van der Waals surface area contributed by atoms with Crippen molar-refractivity contribution in [2.75, 3.05) is 11.4 Å². The molecule has 0 radical (unpaired) electrons. The van der Waals surface area contributed by atoms with Crippen LogP contribution >= 0.6 is 0 Å². The molecule has 1 aliphatic rings. The molecule has 3 nitrogen and oxygen atoms in total. The van der Waals surface area contributed by atoms with Gasteiger partial charge in [-0.1, -0.05) is 25.3 Å². The highest BCUT2D eigenvalue weighted by molar-refractivity contribution is 5.53. The Morgan fingerprint density at radius 1 is 0.879 bits per heavy atom. The molecule has 2 unspecified atom stereocenters. The Hall–Kier alpha value is -2.49. The predicted octanol–water partition coefficient (Wildman–Crippen LogP) is 6.86. The van der Waals surface area contributed by atoms with Gasteiger partial charge < -0.3 is 14.7 Å². The second-order valence-electron chi connectivity index (χ2n) is 8.15. The molecular formula is C23H24F7NO2. The lowest BCUT2D eigenvalue weighted by molar-refractivity contribution is -0.204. The van der Waals surface area contributed by atoms with Crippen LogP contribution in [-0.4, -0.2) is 36.1 Å². The summed E-state index contributed by atoms with van der Waals surface area (Å²) in [6.45, 7) is -1.27. The molecule has 0 aliphatic heterocycles. The van der Waals surface area contributed by atoms with Crippen LogP contribution in [0.2, 0.25) is 0 Å². The Kier molecular flexibility index (Phi) is 7.76. The van der Waals surface area contributed by atoms with Crippen molar-refractivity contribution in [1.29, 1.82) is 0 Å². The predicted molar refractivity (Wildman–Crippen MR) is 109 cm³/mol. The summed E-state index contributed by atoms with van der Waals surface area (Å²) >= 11 is 0. The number of nitrogens with zero attached hydrogens (tertiary/aromatic N) is 1. The molecule has 1 fully saturated rings. The number of alkyl halides is 6. The van der Waals surface area contributed by atoms with Crippen molar-refractivity contribution in [3.05, 3.63) is 54.3 Å². The fourth-order valence-electron chi connectivity index (χ4n) is 4.18. The molecule has 2 atom stereocenters. The SMILES string of the molecule is OC(CN(c1cccc(Oc2ccc(F)cc2)c1)C(C1CCCCC1)C(F)(F)F)C(F)(F)F. The van der Waals surface area contributed by atoms with Gasteiger partial charge in [-0.3, -0.25) is 0 Å². The molecule has 1 N–H and O–H groups in total. The highest BCUT2D eigenvalue weighted by Crippen LogP contribution is 2.41. The van der Waals surface area contributed by atoms with Gasteiger partial charge in [0.1, 0.15) is 23.4 Å². The summed E-state index contributed by atoms with van der Waals surface area (Å²) in [4.78, 5) is 0.589. The van der Waals surface area contributed by atoms with Crippen molar-refractivity contribution in [3.63, 3.8) is 0 Å². The van der Waals surface area contributed by atoms with E-state index in [0.717, 1.165) is 18.6 Å². The van der Waals surface area contributed by atoms with E-state index in [4.69, 9.17) is 4.74 Å². The third-order valence-electron chi connectivity index (χ3n) is 5.71. The standard InChI is InChI=1S/C23H24F7NO2/c24-16-9-11-18(12-10-16)33-19-8-4-7-17(13-19)31(14-20(32)22(25,26)27)21(23(28,29)30)15-5-2-1-3-6-15/h4,7-13,15,20-21,32H,1-3,5-6,14H2. The number of aliphatic hydroxyl groups excluding tert-OH is 1. The van der Waals surface area contributed by atoms with E-state index in [2.05, 4.69) is 0 Å². The fraction of sp³-hybridized carbons (Fsp3) is 0.478. The molecule has 0 heterocycles. The van der Waals surface area contributed by atoms with Crippen LogP contribution in [0.5, 0.6) is 11.5 Å². The van der Waals surface area contributed by atoms with E-state index in [1.165, 1.54) is 36.4 Å². The Morgan fingerprint density at radius 2 is 1.52 bits per heavy atom. The van der Waals surface area contributed by atoms with Crippen LogP contribution in [0.15, 0.2) is 48.5 Å². The largest absolute Gasteiger partial charge is 0.457 e. The first-order valence-corrected chi connectivity index (χ1v) is 10.6. The van der Waals surface area contributed by atoms with Gasteiger partial charge >= 0.3 is 12.4 Å². The lowest BCUT2D eigenvalue weighted by atomic mass is 9.82. The van der Waals surface area contributed by atoms with Gasteiger partial charge in [0, 0.05) is 11.8 Å². The Bertz CT molecular complexity index is 893. The minimum Gasteiger partial charge on any atom is -0.457 e. The third-order valence-corrected chi connectivity index (χ3v) is 5.71. The molecule has 10 heteroatoms. The summed E-state index contributed by atoms with van der Waals surface area (Å²) < 4.78 is 101. The topological polar surface area (TPSA) is 32.7 Å². The van der Waals surface area contributed by atoms with Crippen molar-refractivity contribution >= 4 is 5.69 Å². The third kappa shape index (κ3) is 6.75. The highest BCUT2D eigenvalue weighted by atomic mass is 19.4. The Morgan fingerprint density at radius 3 is 2.09 bits per heavy atom. The second kappa shape index (κ2) is 10.2. The summed E-state index contributed by atoms with van der Waals surface area (Å²) in [5, 5.41) is 9.66. The molecule has 2 aromatic rings. The summed E-state index contributed by atoms with van der Waals surface area (Å²) in [6, 6.07) is 7.92. The number of hydrogen-bond donors (Lipinski definition) is 1. The van der Waals surface area contributed by atoms with Crippen molar-refractivity contribution in [2.45, 2.75) is 56.6 Å². The Balaban J connectivity index is 1.98. The van der Waals surface area contributed by atoms with Gasteiger partial charge in [-0.15, -0.1) is 0 Å². The zero-order chi connectivity index (χ0) is 24.2. The number of hydrogen-bond acceptors (Lipinski definition) is 3. The van der Waals surface area contributed by atoms with Crippen molar-refractivity contribution in [1.82, 2.24) is 0 Å². The van der Waals surface area contributed by atoms with E-state index in [0.29, 0.717) is 17.7 Å². The van der Waals surface area contributed by atoms with Gasteiger partial charge in [0.05, 0.1) is 6.54 Å². The monoisotopic (exact) mass is 479 g/mol. The molecule has 0 bridgehead atoms. The smallest absolute Gasteiger partial charge is 0.416 e. The first-order valence-electron chi connectivity index (χ1n) is 10.6. The molecular weight excluding hydrogens is 455 g/mol. The van der Waals surface area contributed by atoms with Gasteiger partial charge in [-0.05, 0) is 55.2 Å². The van der Waals surface area contributed by atoms with E-state index in [1.807, 2.05) is 0 Å². The second-order valence-corrected chi connectivity index (χ2v) is 8.15. The molecule has 2 aromatic carbocycles. The average Bonchev–Trinajstić information content (AvgIpc) is 2.74. The quantitative estimate of drug-likeness (QED) is 0.441. The van der Waals surface area contributed by atoms with E-state index in [9.17, 15) is 35.8 Å². The van der Waals surface area contributed by atoms with E-state index < -0.39 is 42.8 Å². The number of aliphatic hydroxyl groups is 1. The summed E-state index contributed by atoms with van der Waals surface area (Å²) in [7, 11) is 0. The first-order chi connectivity index (χ1) is 15.4. The zero-order valence-corrected chi connectivity index (χ0v) is 17.5. The maximum Gasteiger partial charge on any atom is 0.416 e. The average molecular weight is 479 g/mol. The summed E-state index contributed by atoms with van der Waals surface area (Å²) in [6.07, 6.45) is -10.5. The van der Waals surface area contributed by atoms with Crippen LogP contribution < -0.4 is 9.64 Å². The summed E-state index contributed by atoms with van der Waals surface area (Å²) in [5.74, 6) is -1.14. The lowest BCUT2D eigenvalue weighted by Gasteiger charge is -2.42. The van der Waals surface area contributed by atoms with Crippen LogP contribution in [0.4, 0.5) is 36.4 Å². The Labute approximate surface area is 186 Å². The molecule has 0 amide bonds. The molecule has 0 saturated heterocycles. The van der Waals surface area contributed by atoms with E-state index in [-0.39, 0.29) is 30.0 Å². The van der Waals surface area contributed by atoms with E-state index >= 15 is 0 Å². The minimum atomic E-state index is -5.08. The molecule has 0 aromatic heterocycles. The molecule has 33 heavy (non-hydrogen) atoms. The fourth-order valence-corrected chi connectivity index (χ4v) is 4.18. The molecule has 3 rings (SSSR count). The summed E-state index contributed by atoms with van der Waals surface area (Å²) in [5.41, 5.74) is -0.161. The zero-order valence-electron chi connectivity index (χ0n) is 17.5.